The molecule has 1 unspecified atom stereocenters. The zero-order valence-corrected chi connectivity index (χ0v) is 11.8. The highest BCUT2D eigenvalue weighted by Gasteiger charge is 2.08. The Bertz CT molecular complexity index is 531. The number of para-hydroxylation sites is 1. The lowest BCUT2D eigenvalue weighted by Gasteiger charge is -2.18. The summed E-state index contributed by atoms with van der Waals surface area (Å²) in [6.07, 6.45) is 0.824. The number of aryl methyl sites for hydroxylation is 1. The monoisotopic (exact) mass is 277 g/mol. The maximum absolute atomic E-state index is 12.8. The van der Waals surface area contributed by atoms with Gasteiger partial charge in [0.2, 0.25) is 0 Å². The Kier molecular flexibility index (Phi) is 4.43. The van der Waals surface area contributed by atoms with Crippen LogP contribution in [0.3, 0.4) is 0 Å². The Balaban J connectivity index is 2.05. The van der Waals surface area contributed by atoms with Crippen LogP contribution in [0.5, 0.6) is 0 Å². The maximum Gasteiger partial charge on any atom is 0.123 e. The fourth-order valence-electron chi connectivity index (χ4n) is 2.09. The predicted octanol–water partition coefficient (Wildman–Crippen LogP) is 4.83. The molecular formula is C16H17ClFN. The highest BCUT2D eigenvalue weighted by atomic mass is 35.5. The van der Waals surface area contributed by atoms with Gasteiger partial charge in [-0.1, -0.05) is 35.9 Å². The van der Waals surface area contributed by atoms with Crippen molar-refractivity contribution in [1.29, 1.82) is 0 Å². The highest BCUT2D eigenvalue weighted by molar-refractivity contribution is 6.33. The van der Waals surface area contributed by atoms with Gasteiger partial charge in [0.05, 0.1) is 10.7 Å². The molecule has 0 saturated carbocycles. The van der Waals surface area contributed by atoms with Gasteiger partial charge in [-0.25, -0.2) is 4.39 Å². The predicted molar refractivity (Wildman–Crippen MR) is 79.4 cm³/mol. The molecule has 0 saturated heterocycles. The van der Waals surface area contributed by atoms with Gasteiger partial charge in [-0.05, 0) is 49.6 Å². The van der Waals surface area contributed by atoms with Gasteiger partial charge in [-0.15, -0.1) is 0 Å². The Labute approximate surface area is 118 Å². The Hall–Kier alpha value is -1.54. The molecule has 0 heterocycles. The standard InChI is InChI=1S/C16H17ClFN/c1-11-4-3-5-15(17)16(11)19-12(2)10-13-6-8-14(18)9-7-13/h3-9,12,19H,10H2,1-2H3. The zero-order chi connectivity index (χ0) is 13.8. The second kappa shape index (κ2) is 6.07. The van der Waals surface area contributed by atoms with Gasteiger partial charge in [0.25, 0.3) is 0 Å². The van der Waals surface area contributed by atoms with E-state index in [1.165, 1.54) is 12.1 Å². The summed E-state index contributed by atoms with van der Waals surface area (Å²) in [7, 11) is 0. The van der Waals surface area contributed by atoms with Crippen LogP contribution < -0.4 is 5.32 Å². The number of hydrogen-bond donors (Lipinski definition) is 1. The van der Waals surface area contributed by atoms with Crippen molar-refractivity contribution >= 4 is 17.3 Å². The minimum absolute atomic E-state index is 0.202. The van der Waals surface area contributed by atoms with Gasteiger partial charge in [-0.2, -0.15) is 0 Å². The van der Waals surface area contributed by atoms with Gasteiger partial charge in [0, 0.05) is 6.04 Å². The molecule has 1 nitrogen and oxygen atoms in total. The van der Waals surface area contributed by atoms with E-state index in [1.807, 2.05) is 37.3 Å². The van der Waals surface area contributed by atoms with Crippen LogP contribution in [0.1, 0.15) is 18.1 Å². The van der Waals surface area contributed by atoms with Gasteiger partial charge in [0.15, 0.2) is 0 Å². The highest BCUT2D eigenvalue weighted by Crippen LogP contribution is 2.26. The molecule has 0 spiro atoms. The maximum atomic E-state index is 12.8. The zero-order valence-electron chi connectivity index (χ0n) is 11.1. The molecule has 0 bridgehead atoms. The number of hydrogen-bond acceptors (Lipinski definition) is 1. The molecule has 3 heteroatoms. The smallest absolute Gasteiger partial charge is 0.123 e. The summed E-state index contributed by atoms with van der Waals surface area (Å²) in [6, 6.07) is 12.7. The topological polar surface area (TPSA) is 12.0 Å². The lowest BCUT2D eigenvalue weighted by atomic mass is 10.1. The number of anilines is 1. The van der Waals surface area contributed by atoms with Crippen molar-refractivity contribution in [3.05, 3.63) is 64.4 Å². The SMILES string of the molecule is Cc1cccc(Cl)c1NC(C)Cc1ccc(F)cc1. The molecule has 2 aromatic carbocycles. The van der Waals surface area contributed by atoms with Crippen LogP contribution in [0.2, 0.25) is 5.02 Å². The summed E-state index contributed by atoms with van der Waals surface area (Å²) in [5, 5.41) is 4.14. The lowest BCUT2D eigenvalue weighted by molar-refractivity contribution is 0.626. The summed E-state index contributed by atoms with van der Waals surface area (Å²) in [6.45, 7) is 4.12. The Morgan fingerprint density at radius 2 is 1.84 bits per heavy atom. The molecular weight excluding hydrogens is 261 g/mol. The molecule has 0 aromatic heterocycles. The molecule has 1 atom stereocenters. The van der Waals surface area contributed by atoms with Crippen LogP contribution in [-0.4, -0.2) is 6.04 Å². The fraction of sp³-hybridized carbons (Fsp3) is 0.250. The number of halogens is 2. The van der Waals surface area contributed by atoms with E-state index in [-0.39, 0.29) is 11.9 Å². The molecule has 19 heavy (non-hydrogen) atoms. The van der Waals surface area contributed by atoms with Crippen molar-refractivity contribution in [3.8, 4) is 0 Å². The second-order valence-corrected chi connectivity index (χ2v) is 5.21. The van der Waals surface area contributed by atoms with Crippen LogP contribution in [0.15, 0.2) is 42.5 Å². The van der Waals surface area contributed by atoms with Crippen LogP contribution in [0.4, 0.5) is 10.1 Å². The van der Waals surface area contributed by atoms with Crippen LogP contribution in [-0.2, 0) is 6.42 Å². The summed E-state index contributed by atoms with van der Waals surface area (Å²) in [4.78, 5) is 0. The van der Waals surface area contributed by atoms with Crippen molar-refractivity contribution < 1.29 is 4.39 Å². The van der Waals surface area contributed by atoms with Gasteiger partial charge in [0.1, 0.15) is 5.82 Å². The number of nitrogens with one attached hydrogen (secondary N) is 1. The molecule has 0 fully saturated rings. The molecule has 0 aliphatic rings. The van der Waals surface area contributed by atoms with E-state index in [1.54, 1.807) is 0 Å². The lowest BCUT2D eigenvalue weighted by Crippen LogP contribution is -2.19. The largest absolute Gasteiger partial charge is 0.381 e. The quantitative estimate of drug-likeness (QED) is 0.844. The van der Waals surface area contributed by atoms with Crippen molar-refractivity contribution in [2.45, 2.75) is 26.3 Å². The van der Waals surface area contributed by atoms with Gasteiger partial charge < -0.3 is 5.32 Å². The van der Waals surface area contributed by atoms with E-state index in [2.05, 4.69) is 12.2 Å². The third-order valence-electron chi connectivity index (χ3n) is 3.07. The normalized spacial score (nSPS) is 12.2. The first-order valence-electron chi connectivity index (χ1n) is 6.32. The minimum Gasteiger partial charge on any atom is -0.381 e. The third kappa shape index (κ3) is 3.71. The van der Waals surface area contributed by atoms with Crippen molar-refractivity contribution in [1.82, 2.24) is 0 Å². The first-order chi connectivity index (χ1) is 9.06. The Morgan fingerprint density at radius 1 is 1.16 bits per heavy atom. The Morgan fingerprint density at radius 3 is 2.47 bits per heavy atom. The molecule has 100 valence electrons. The number of benzene rings is 2. The van der Waals surface area contributed by atoms with E-state index in [4.69, 9.17) is 11.6 Å². The fourth-order valence-corrected chi connectivity index (χ4v) is 2.36. The third-order valence-corrected chi connectivity index (χ3v) is 3.38. The number of rotatable bonds is 4. The first-order valence-corrected chi connectivity index (χ1v) is 6.70. The van der Waals surface area contributed by atoms with E-state index in [9.17, 15) is 4.39 Å². The van der Waals surface area contributed by atoms with Crippen molar-refractivity contribution in [2.24, 2.45) is 0 Å². The minimum atomic E-state index is -0.202. The van der Waals surface area contributed by atoms with E-state index in [0.29, 0.717) is 0 Å². The molecule has 2 rings (SSSR count). The summed E-state index contributed by atoms with van der Waals surface area (Å²) in [5.41, 5.74) is 3.20. The molecule has 0 amide bonds. The molecule has 0 aliphatic carbocycles. The van der Waals surface area contributed by atoms with E-state index >= 15 is 0 Å². The summed E-state index contributed by atoms with van der Waals surface area (Å²) >= 11 is 6.19. The van der Waals surface area contributed by atoms with Gasteiger partial charge in [-0.3, -0.25) is 0 Å². The van der Waals surface area contributed by atoms with Crippen LogP contribution in [0, 0.1) is 12.7 Å². The van der Waals surface area contributed by atoms with Crippen molar-refractivity contribution in [3.63, 3.8) is 0 Å². The average Bonchev–Trinajstić information content (AvgIpc) is 2.37. The molecule has 0 aliphatic heterocycles. The molecule has 0 radical (unpaired) electrons. The summed E-state index contributed by atoms with van der Waals surface area (Å²) in [5.74, 6) is -0.202. The summed E-state index contributed by atoms with van der Waals surface area (Å²) < 4.78 is 12.8. The molecule has 1 N–H and O–H groups in total. The average molecular weight is 278 g/mol. The van der Waals surface area contributed by atoms with E-state index < -0.39 is 0 Å². The van der Waals surface area contributed by atoms with Crippen LogP contribution in [0.25, 0.3) is 0 Å². The van der Waals surface area contributed by atoms with Gasteiger partial charge >= 0.3 is 0 Å². The second-order valence-electron chi connectivity index (χ2n) is 4.81. The first kappa shape index (κ1) is 13.9. The van der Waals surface area contributed by atoms with Crippen LogP contribution >= 0.6 is 11.6 Å². The van der Waals surface area contributed by atoms with Crippen molar-refractivity contribution in [2.75, 3.05) is 5.32 Å². The molecule has 2 aromatic rings. The van der Waals surface area contributed by atoms with E-state index in [0.717, 1.165) is 28.3 Å².